The zero-order valence-electron chi connectivity index (χ0n) is 18.2. The average molecular weight is 429 g/mol. The van der Waals surface area contributed by atoms with E-state index >= 15 is 0 Å². The van der Waals surface area contributed by atoms with Crippen molar-refractivity contribution in [2.75, 3.05) is 13.7 Å². The quantitative estimate of drug-likeness (QED) is 0.583. The number of rotatable bonds is 7. The molecule has 1 aliphatic rings. The third-order valence-electron chi connectivity index (χ3n) is 6.01. The van der Waals surface area contributed by atoms with Crippen molar-refractivity contribution in [2.24, 2.45) is 0 Å². The topological polar surface area (TPSA) is 58.6 Å². The van der Waals surface area contributed by atoms with Crippen LogP contribution < -0.4 is 5.32 Å². The minimum atomic E-state index is -0.601. The Morgan fingerprint density at radius 1 is 0.906 bits per heavy atom. The molecule has 2 atom stereocenters. The highest BCUT2D eigenvalue weighted by molar-refractivity contribution is 5.91. The number of benzene rings is 3. The van der Waals surface area contributed by atoms with Gasteiger partial charge in [-0.05, 0) is 23.1 Å². The van der Waals surface area contributed by atoms with Crippen LogP contribution in [0.15, 0.2) is 91.0 Å². The lowest BCUT2D eigenvalue weighted by molar-refractivity contribution is -0.151. The van der Waals surface area contributed by atoms with E-state index in [1.807, 2.05) is 78.9 Å². The van der Waals surface area contributed by atoms with E-state index in [0.29, 0.717) is 19.5 Å². The van der Waals surface area contributed by atoms with Crippen LogP contribution in [-0.2, 0) is 20.9 Å². The van der Waals surface area contributed by atoms with Gasteiger partial charge in [0.25, 0.3) is 0 Å². The summed E-state index contributed by atoms with van der Waals surface area (Å²) >= 11 is 0. The van der Waals surface area contributed by atoms with E-state index in [-0.39, 0.29) is 17.9 Å². The lowest BCUT2D eigenvalue weighted by Crippen LogP contribution is -2.44. The summed E-state index contributed by atoms with van der Waals surface area (Å²) in [5.74, 6) is -0.929. The third kappa shape index (κ3) is 4.89. The molecule has 0 aliphatic carbocycles. The molecule has 1 fully saturated rings. The normalized spacial score (nSPS) is 18.0. The molecule has 1 saturated heterocycles. The van der Waals surface area contributed by atoms with Crippen molar-refractivity contribution in [2.45, 2.75) is 31.0 Å². The predicted octanol–water partition coefficient (Wildman–Crippen LogP) is 3.75. The maximum absolute atomic E-state index is 13.9. The van der Waals surface area contributed by atoms with Crippen LogP contribution in [0.5, 0.6) is 0 Å². The number of hydrogen-bond donors (Lipinski definition) is 1. The minimum absolute atomic E-state index is 0.00968. The Bertz CT molecular complexity index is 985. The summed E-state index contributed by atoms with van der Waals surface area (Å²) in [5, 5.41) is 3.51. The molecule has 3 aromatic rings. The fraction of sp³-hybridized carbons (Fsp3) is 0.259. The largest absolute Gasteiger partial charge is 0.467 e. The maximum atomic E-state index is 13.9. The van der Waals surface area contributed by atoms with Gasteiger partial charge in [-0.1, -0.05) is 91.0 Å². The molecule has 0 unspecified atom stereocenters. The van der Waals surface area contributed by atoms with Crippen molar-refractivity contribution in [3.63, 3.8) is 0 Å². The first-order valence-electron chi connectivity index (χ1n) is 10.9. The first kappa shape index (κ1) is 21.8. The third-order valence-corrected chi connectivity index (χ3v) is 6.01. The van der Waals surface area contributed by atoms with Crippen LogP contribution in [0.4, 0.5) is 0 Å². The van der Waals surface area contributed by atoms with Crippen LogP contribution in [0.2, 0.25) is 0 Å². The van der Waals surface area contributed by atoms with Crippen LogP contribution in [-0.4, -0.2) is 42.5 Å². The van der Waals surface area contributed by atoms with Crippen molar-refractivity contribution < 1.29 is 14.3 Å². The van der Waals surface area contributed by atoms with Crippen LogP contribution in [0.3, 0.4) is 0 Å². The SMILES string of the molecule is COC(=O)[C@@H]1C[C@H](NCc2ccccc2)CN1C(=O)C(c1ccccc1)c1ccccc1. The van der Waals surface area contributed by atoms with E-state index in [4.69, 9.17) is 4.74 Å². The molecule has 5 heteroatoms. The van der Waals surface area contributed by atoms with Gasteiger partial charge in [0.2, 0.25) is 5.91 Å². The zero-order chi connectivity index (χ0) is 22.3. The lowest BCUT2D eigenvalue weighted by atomic mass is 9.90. The number of amides is 1. The summed E-state index contributed by atoms with van der Waals surface area (Å²) in [6.07, 6.45) is 0.529. The predicted molar refractivity (Wildman–Crippen MR) is 124 cm³/mol. The maximum Gasteiger partial charge on any atom is 0.328 e. The molecule has 4 rings (SSSR count). The Hall–Kier alpha value is -3.44. The van der Waals surface area contributed by atoms with Crippen LogP contribution >= 0.6 is 0 Å². The lowest BCUT2D eigenvalue weighted by Gasteiger charge is -2.28. The first-order chi connectivity index (χ1) is 15.7. The van der Waals surface area contributed by atoms with Crippen molar-refractivity contribution in [1.82, 2.24) is 10.2 Å². The number of methoxy groups -OCH3 is 1. The second kappa shape index (κ2) is 10.2. The van der Waals surface area contributed by atoms with E-state index in [2.05, 4.69) is 17.4 Å². The van der Waals surface area contributed by atoms with E-state index in [9.17, 15) is 9.59 Å². The number of ether oxygens (including phenoxy) is 1. The molecule has 0 saturated carbocycles. The van der Waals surface area contributed by atoms with E-state index in [0.717, 1.165) is 11.1 Å². The highest BCUT2D eigenvalue weighted by Gasteiger charge is 2.42. The molecule has 32 heavy (non-hydrogen) atoms. The molecule has 1 amide bonds. The average Bonchev–Trinajstić information content (AvgIpc) is 3.29. The summed E-state index contributed by atoms with van der Waals surface area (Å²) in [5.41, 5.74) is 2.99. The number of nitrogens with one attached hydrogen (secondary N) is 1. The highest BCUT2D eigenvalue weighted by Crippen LogP contribution is 2.31. The summed E-state index contributed by atoms with van der Waals surface area (Å²) in [4.78, 5) is 28.2. The van der Waals surface area contributed by atoms with Gasteiger partial charge in [-0.15, -0.1) is 0 Å². The van der Waals surface area contributed by atoms with Crippen LogP contribution in [0.25, 0.3) is 0 Å². The molecule has 0 radical (unpaired) electrons. The van der Waals surface area contributed by atoms with Crippen LogP contribution in [0.1, 0.15) is 29.0 Å². The summed E-state index contributed by atoms with van der Waals surface area (Å²) < 4.78 is 5.06. The van der Waals surface area contributed by atoms with Gasteiger partial charge in [0.05, 0.1) is 13.0 Å². The molecule has 3 aromatic carbocycles. The molecule has 1 N–H and O–H groups in total. The van der Waals surface area contributed by atoms with Crippen LogP contribution in [0, 0.1) is 0 Å². The van der Waals surface area contributed by atoms with Gasteiger partial charge in [0.15, 0.2) is 0 Å². The zero-order valence-corrected chi connectivity index (χ0v) is 18.2. The fourth-order valence-corrected chi connectivity index (χ4v) is 4.38. The van der Waals surface area contributed by atoms with Gasteiger partial charge in [-0.3, -0.25) is 4.79 Å². The summed E-state index contributed by atoms with van der Waals surface area (Å²) in [6, 6.07) is 29.0. The van der Waals surface area contributed by atoms with Crippen molar-refractivity contribution in [3.8, 4) is 0 Å². The number of carbonyl (C=O) groups excluding carboxylic acids is 2. The molecule has 5 nitrogen and oxygen atoms in total. The Morgan fingerprint density at radius 2 is 1.44 bits per heavy atom. The van der Waals surface area contributed by atoms with E-state index < -0.39 is 12.0 Å². The minimum Gasteiger partial charge on any atom is -0.467 e. The van der Waals surface area contributed by atoms with Gasteiger partial charge < -0.3 is 15.0 Å². The van der Waals surface area contributed by atoms with E-state index in [1.54, 1.807) is 4.90 Å². The molecule has 0 spiro atoms. The second-order valence-corrected chi connectivity index (χ2v) is 8.08. The van der Waals surface area contributed by atoms with Crippen molar-refractivity contribution >= 4 is 11.9 Å². The Morgan fingerprint density at radius 3 is 1.97 bits per heavy atom. The summed E-state index contributed by atoms with van der Waals surface area (Å²) in [6.45, 7) is 1.14. The Balaban J connectivity index is 1.58. The molecular formula is C27H28N2O3. The standard InChI is InChI=1S/C27H28N2O3/c1-32-27(31)24-17-23(28-18-20-11-5-2-6-12-20)19-29(24)26(30)25(21-13-7-3-8-14-21)22-15-9-4-10-16-22/h2-16,23-25,28H,17-19H2,1H3/t23-,24-/m0/s1. The first-order valence-corrected chi connectivity index (χ1v) is 10.9. The molecule has 0 bridgehead atoms. The van der Waals surface area contributed by atoms with Crippen molar-refractivity contribution in [1.29, 1.82) is 0 Å². The second-order valence-electron chi connectivity index (χ2n) is 8.08. The van der Waals surface area contributed by atoms with E-state index in [1.165, 1.54) is 12.7 Å². The number of hydrogen-bond acceptors (Lipinski definition) is 4. The Labute approximate surface area is 189 Å². The molecule has 164 valence electrons. The van der Waals surface area contributed by atoms with Gasteiger partial charge in [-0.2, -0.15) is 0 Å². The molecule has 1 aliphatic heterocycles. The van der Waals surface area contributed by atoms with Gasteiger partial charge >= 0.3 is 5.97 Å². The van der Waals surface area contributed by atoms with Gasteiger partial charge in [0.1, 0.15) is 6.04 Å². The Kier molecular flexibility index (Phi) is 6.97. The van der Waals surface area contributed by atoms with Crippen molar-refractivity contribution in [3.05, 3.63) is 108 Å². The smallest absolute Gasteiger partial charge is 0.328 e. The molecule has 0 aromatic heterocycles. The fourth-order valence-electron chi connectivity index (χ4n) is 4.38. The van der Waals surface area contributed by atoms with Gasteiger partial charge in [0, 0.05) is 19.1 Å². The number of nitrogens with zero attached hydrogens (tertiary/aromatic N) is 1. The number of esters is 1. The highest BCUT2D eigenvalue weighted by atomic mass is 16.5. The summed E-state index contributed by atoms with van der Waals surface area (Å²) in [7, 11) is 1.38. The number of likely N-dealkylation sites (tertiary alicyclic amines) is 1. The van der Waals surface area contributed by atoms with Gasteiger partial charge in [-0.25, -0.2) is 4.79 Å². The molecular weight excluding hydrogens is 400 g/mol. The molecule has 1 heterocycles. The number of carbonyl (C=O) groups is 2. The monoisotopic (exact) mass is 428 g/mol.